The average Bonchev–Trinajstić information content (AvgIpc) is 3.41. The predicted octanol–water partition coefficient (Wildman–Crippen LogP) is 3.10. The van der Waals surface area contributed by atoms with E-state index in [-0.39, 0.29) is 0 Å². The van der Waals surface area contributed by atoms with E-state index < -0.39 is 6.23 Å². The number of ether oxygens (including phenoxy) is 2. The van der Waals surface area contributed by atoms with E-state index in [9.17, 15) is 4.79 Å². The summed E-state index contributed by atoms with van der Waals surface area (Å²) in [4.78, 5) is 24.7. The lowest BCUT2D eigenvalue weighted by Crippen LogP contribution is -2.51. The molecule has 0 radical (unpaired) electrons. The maximum absolute atomic E-state index is 11.1. The van der Waals surface area contributed by atoms with Gasteiger partial charge in [-0.3, -0.25) is 24.7 Å². The number of fused-ring (bicyclic) bond motifs is 1. The minimum Gasteiger partial charge on any atom is -0.439 e. The molecule has 1 atom stereocenters. The Morgan fingerprint density at radius 3 is 2.68 bits per heavy atom. The lowest BCUT2D eigenvalue weighted by Gasteiger charge is -2.36. The molecule has 1 fully saturated rings. The highest BCUT2D eigenvalue weighted by Crippen LogP contribution is 2.26. The monoisotopic (exact) mass is 458 g/mol. The largest absolute Gasteiger partial charge is 0.439 e. The third-order valence-corrected chi connectivity index (χ3v) is 6.00. The van der Waals surface area contributed by atoms with Gasteiger partial charge in [0, 0.05) is 69.2 Å². The fourth-order valence-electron chi connectivity index (χ4n) is 4.13. The number of methoxy groups -OCH3 is 1. The van der Waals surface area contributed by atoms with Crippen molar-refractivity contribution in [2.75, 3.05) is 33.3 Å². The molecule has 1 aliphatic heterocycles. The molecule has 9 heteroatoms. The molecule has 5 rings (SSSR count). The molecule has 34 heavy (non-hydrogen) atoms. The van der Waals surface area contributed by atoms with Crippen molar-refractivity contribution in [1.82, 2.24) is 30.0 Å². The standard InChI is InChI=1S/C25H26N6O3/c1-33-25(17-32)31-12-10-30(11-13-31)16-20-4-2-18-14-21(5-6-22(18)28-20)34-24-7-3-19(15-26-24)23-8-9-27-29-23/h2-9,14-15,17,25H,10-13,16H2,1H3,(H,27,29). The van der Waals surface area contributed by atoms with Crippen molar-refractivity contribution < 1.29 is 14.3 Å². The molecule has 1 aromatic carbocycles. The maximum atomic E-state index is 11.1. The second-order valence-corrected chi connectivity index (χ2v) is 8.19. The number of nitrogens with zero attached hydrogens (tertiary/aromatic N) is 5. The van der Waals surface area contributed by atoms with Crippen LogP contribution in [-0.4, -0.2) is 75.8 Å². The molecule has 0 bridgehead atoms. The molecule has 1 unspecified atom stereocenters. The number of hydrogen-bond acceptors (Lipinski definition) is 8. The number of pyridine rings is 2. The van der Waals surface area contributed by atoms with E-state index in [1.165, 1.54) is 0 Å². The summed E-state index contributed by atoms with van der Waals surface area (Å²) in [5, 5.41) is 7.89. The van der Waals surface area contributed by atoms with Crippen LogP contribution in [0, 0.1) is 0 Å². The molecule has 0 amide bonds. The third kappa shape index (κ3) is 4.96. The minimum absolute atomic E-state index is 0.457. The molecule has 1 N–H and O–H groups in total. The third-order valence-electron chi connectivity index (χ3n) is 6.00. The Balaban J connectivity index is 1.21. The fraction of sp³-hybridized carbons (Fsp3) is 0.280. The van der Waals surface area contributed by atoms with Crippen LogP contribution in [0.15, 0.2) is 60.9 Å². The first-order valence-electron chi connectivity index (χ1n) is 11.2. The first-order chi connectivity index (χ1) is 16.7. The number of nitrogens with one attached hydrogen (secondary N) is 1. The van der Waals surface area contributed by atoms with Crippen molar-refractivity contribution in [3.63, 3.8) is 0 Å². The number of hydrogen-bond donors (Lipinski definition) is 1. The first kappa shape index (κ1) is 22.1. The van der Waals surface area contributed by atoms with Crippen LogP contribution >= 0.6 is 0 Å². The van der Waals surface area contributed by atoms with Crippen molar-refractivity contribution in [3.05, 3.63) is 66.6 Å². The molecule has 9 nitrogen and oxygen atoms in total. The smallest absolute Gasteiger partial charge is 0.219 e. The summed E-state index contributed by atoms with van der Waals surface area (Å²) < 4.78 is 11.2. The van der Waals surface area contributed by atoms with E-state index in [4.69, 9.17) is 14.5 Å². The summed E-state index contributed by atoms with van der Waals surface area (Å²) in [5.74, 6) is 1.24. The number of piperazine rings is 1. The van der Waals surface area contributed by atoms with Crippen molar-refractivity contribution in [2.45, 2.75) is 12.8 Å². The van der Waals surface area contributed by atoms with Crippen molar-refractivity contribution in [3.8, 4) is 22.9 Å². The summed E-state index contributed by atoms with van der Waals surface area (Å²) in [6.45, 7) is 4.09. The second kappa shape index (κ2) is 10.1. The fourth-order valence-corrected chi connectivity index (χ4v) is 4.13. The summed E-state index contributed by atoms with van der Waals surface area (Å²) >= 11 is 0. The van der Waals surface area contributed by atoms with Crippen LogP contribution in [0.5, 0.6) is 11.6 Å². The van der Waals surface area contributed by atoms with Crippen LogP contribution < -0.4 is 4.74 Å². The Labute approximate surface area is 197 Å². The van der Waals surface area contributed by atoms with Gasteiger partial charge in [0.25, 0.3) is 0 Å². The van der Waals surface area contributed by atoms with E-state index in [0.29, 0.717) is 11.6 Å². The highest BCUT2D eigenvalue weighted by molar-refractivity contribution is 5.80. The van der Waals surface area contributed by atoms with Gasteiger partial charge in [-0.15, -0.1) is 0 Å². The Hall–Kier alpha value is -3.66. The van der Waals surface area contributed by atoms with Gasteiger partial charge in [0.15, 0.2) is 12.5 Å². The highest BCUT2D eigenvalue weighted by Gasteiger charge is 2.23. The number of carbonyl (C=O) groups excluding carboxylic acids is 1. The molecule has 1 saturated heterocycles. The molecule has 3 aromatic heterocycles. The molecule has 0 spiro atoms. The molecular weight excluding hydrogens is 432 g/mol. The zero-order chi connectivity index (χ0) is 23.3. The number of aromatic amines is 1. The van der Waals surface area contributed by atoms with Crippen LogP contribution in [0.25, 0.3) is 22.2 Å². The molecule has 4 aromatic rings. The van der Waals surface area contributed by atoms with Crippen molar-refractivity contribution in [1.29, 1.82) is 0 Å². The number of rotatable bonds is 8. The molecule has 174 valence electrons. The van der Waals surface area contributed by atoms with Crippen LogP contribution in [0.4, 0.5) is 0 Å². The van der Waals surface area contributed by atoms with Crippen LogP contribution in [0.2, 0.25) is 0 Å². The lowest BCUT2D eigenvalue weighted by molar-refractivity contribution is -0.129. The zero-order valence-corrected chi connectivity index (χ0v) is 18.9. The molecule has 0 saturated carbocycles. The normalized spacial score (nSPS) is 15.9. The summed E-state index contributed by atoms with van der Waals surface area (Å²) in [5.41, 5.74) is 3.80. The van der Waals surface area contributed by atoms with Crippen molar-refractivity contribution >= 4 is 17.2 Å². The van der Waals surface area contributed by atoms with E-state index in [1.54, 1.807) is 19.5 Å². The van der Waals surface area contributed by atoms with E-state index in [1.807, 2.05) is 36.4 Å². The average molecular weight is 459 g/mol. The Morgan fingerprint density at radius 1 is 1.09 bits per heavy atom. The number of aldehydes is 1. The first-order valence-corrected chi connectivity index (χ1v) is 11.2. The van der Waals surface area contributed by atoms with Crippen molar-refractivity contribution in [2.24, 2.45) is 0 Å². The molecule has 1 aliphatic rings. The predicted molar refractivity (Wildman–Crippen MR) is 127 cm³/mol. The van der Waals surface area contributed by atoms with Gasteiger partial charge >= 0.3 is 0 Å². The minimum atomic E-state index is -0.457. The van der Waals surface area contributed by atoms with Crippen LogP contribution in [0.1, 0.15) is 5.69 Å². The summed E-state index contributed by atoms with van der Waals surface area (Å²) in [6, 6.07) is 15.7. The molecule has 4 heterocycles. The van der Waals surface area contributed by atoms with E-state index >= 15 is 0 Å². The number of aromatic nitrogens is 4. The van der Waals surface area contributed by atoms with E-state index in [0.717, 1.165) is 66.9 Å². The van der Waals surface area contributed by atoms with Gasteiger partial charge < -0.3 is 9.47 Å². The molecular formula is C25H26N6O3. The van der Waals surface area contributed by atoms with Gasteiger partial charge in [0.05, 0.1) is 16.9 Å². The maximum Gasteiger partial charge on any atom is 0.219 e. The Bertz CT molecular complexity index is 1240. The number of carbonyl (C=O) groups is 1. The highest BCUT2D eigenvalue weighted by atomic mass is 16.5. The topological polar surface area (TPSA) is 96.5 Å². The second-order valence-electron chi connectivity index (χ2n) is 8.19. The number of H-pyrrole nitrogens is 1. The number of benzene rings is 1. The van der Waals surface area contributed by atoms with Gasteiger partial charge in [-0.1, -0.05) is 6.07 Å². The van der Waals surface area contributed by atoms with Gasteiger partial charge in [-0.2, -0.15) is 5.10 Å². The van der Waals surface area contributed by atoms with Gasteiger partial charge in [-0.05, 0) is 36.4 Å². The summed E-state index contributed by atoms with van der Waals surface area (Å²) in [6.07, 6.45) is 3.86. The van der Waals surface area contributed by atoms with E-state index in [2.05, 4.69) is 37.1 Å². The SMILES string of the molecule is COC(C=O)N1CCN(Cc2ccc3cc(Oc4ccc(-c5ccn[nH]5)cn4)ccc3n2)CC1. The van der Waals surface area contributed by atoms with Gasteiger partial charge in [0.2, 0.25) is 5.88 Å². The Kier molecular flexibility index (Phi) is 6.57. The van der Waals surface area contributed by atoms with Crippen LogP contribution in [0.3, 0.4) is 0 Å². The zero-order valence-electron chi connectivity index (χ0n) is 18.9. The van der Waals surface area contributed by atoms with Gasteiger partial charge in [-0.25, -0.2) is 4.98 Å². The lowest BCUT2D eigenvalue weighted by atomic mass is 10.2. The van der Waals surface area contributed by atoms with Gasteiger partial charge in [0.1, 0.15) is 5.75 Å². The van der Waals surface area contributed by atoms with Crippen LogP contribution in [-0.2, 0) is 16.1 Å². The Morgan fingerprint density at radius 2 is 1.97 bits per heavy atom. The quantitative estimate of drug-likeness (QED) is 0.403. The molecule has 0 aliphatic carbocycles. The summed E-state index contributed by atoms with van der Waals surface area (Å²) in [7, 11) is 1.57.